The van der Waals surface area contributed by atoms with Crippen molar-refractivity contribution in [2.45, 2.75) is 0 Å². The molecule has 9 aromatic carbocycles. The SMILES string of the molecule is c1ccc(-c2nc(-c3cccc(-n4c5ccccc5c5ccccc54)c3)nc(-c3cc4c5ccccc5c5ccccc5c4c4ccccc34)n2)cc1. The number of hydrogen-bond donors (Lipinski definition) is 0. The molecule has 2 heterocycles. The van der Waals surface area contributed by atoms with Crippen LogP contribution in [-0.4, -0.2) is 19.5 Å². The Balaban J connectivity index is 1.19. The van der Waals surface area contributed by atoms with Crippen LogP contribution in [-0.2, 0) is 0 Å². The first-order chi connectivity index (χ1) is 26.3. The minimum Gasteiger partial charge on any atom is -0.309 e. The molecule has 0 amide bonds. The number of aromatic nitrogens is 4. The van der Waals surface area contributed by atoms with Crippen molar-refractivity contribution in [3.8, 4) is 39.9 Å². The van der Waals surface area contributed by atoms with E-state index in [0.717, 1.165) is 38.8 Å². The smallest absolute Gasteiger partial charge is 0.164 e. The van der Waals surface area contributed by atoms with Crippen LogP contribution in [0, 0.1) is 0 Å². The first-order valence-corrected chi connectivity index (χ1v) is 18.0. The lowest BCUT2D eigenvalue weighted by Gasteiger charge is -2.16. The molecule has 0 atom stereocenters. The van der Waals surface area contributed by atoms with Crippen molar-refractivity contribution in [1.82, 2.24) is 19.5 Å². The van der Waals surface area contributed by atoms with E-state index in [1.54, 1.807) is 0 Å². The molecule has 0 fully saturated rings. The van der Waals surface area contributed by atoms with Crippen LogP contribution < -0.4 is 0 Å². The van der Waals surface area contributed by atoms with E-state index in [0.29, 0.717) is 17.5 Å². The average molecular weight is 675 g/mol. The summed E-state index contributed by atoms with van der Waals surface area (Å²) in [5.41, 5.74) is 6.22. The van der Waals surface area contributed by atoms with Gasteiger partial charge < -0.3 is 4.57 Å². The van der Waals surface area contributed by atoms with Crippen LogP contribution in [0.5, 0.6) is 0 Å². The van der Waals surface area contributed by atoms with Gasteiger partial charge >= 0.3 is 0 Å². The van der Waals surface area contributed by atoms with Gasteiger partial charge in [-0.2, -0.15) is 0 Å². The molecule has 0 saturated heterocycles. The maximum absolute atomic E-state index is 5.31. The molecule has 4 heteroatoms. The topological polar surface area (TPSA) is 43.6 Å². The highest BCUT2D eigenvalue weighted by molar-refractivity contribution is 6.32. The van der Waals surface area contributed by atoms with Gasteiger partial charge in [0.1, 0.15) is 0 Å². The quantitative estimate of drug-likeness (QED) is 0.175. The van der Waals surface area contributed by atoms with Crippen molar-refractivity contribution < 1.29 is 0 Å². The van der Waals surface area contributed by atoms with Crippen LogP contribution in [0.3, 0.4) is 0 Å². The lowest BCUT2D eigenvalue weighted by Crippen LogP contribution is -2.01. The molecular formula is C49H30N4. The van der Waals surface area contributed by atoms with Crippen molar-refractivity contribution >= 4 is 64.9 Å². The molecule has 0 saturated carbocycles. The van der Waals surface area contributed by atoms with Gasteiger partial charge in [0, 0.05) is 33.2 Å². The van der Waals surface area contributed by atoms with E-state index in [1.807, 2.05) is 18.2 Å². The van der Waals surface area contributed by atoms with Gasteiger partial charge in [0.2, 0.25) is 0 Å². The number of hydrogen-bond acceptors (Lipinski definition) is 3. The van der Waals surface area contributed by atoms with Gasteiger partial charge in [0.25, 0.3) is 0 Å². The zero-order chi connectivity index (χ0) is 34.9. The van der Waals surface area contributed by atoms with Crippen molar-refractivity contribution in [2.75, 3.05) is 0 Å². The standard InChI is InChI=1S/C49H30N4/c1-2-15-31(16-3-1)47-50-48(32-17-14-18-33(29-32)53-44-27-12-10-23-38(44)39-24-11-13-28-45(39)53)52-49(51-47)43-30-42-36-21-5-4-19-34(36)35-20-6-8-25-40(35)46(42)41-26-9-7-22-37(41)43/h1-30H. The Morgan fingerprint density at radius 3 is 1.42 bits per heavy atom. The van der Waals surface area contributed by atoms with E-state index >= 15 is 0 Å². The molecular weight excluding hydrogens is 645 g/mol. The predicted octanol–water partition coefficient (Wildman–Crippen LogP) is 12.6. The highest BCUT2D eigenvalue weighted by Crippen LogP contribution is 2.42. The summed E-state index contributed by atoms with van der Waals surface area (Å²) in [6.07, 6.45) is 0. The summed E-state index contributed by atoms with van der Waals surface area (Å²) in [5, 5.41) is 12.1. The van der Waals surface area contributed by atoms with E-state index in [9.17, 15) is 0 Å². The molecule has 0 unspecified atom stereocenters. The molecule has 246 valence electrons. The first-order valence-electron chi connectivity index (χ1n) is 18.0. The van der Waals surface area contributed by atoms with Crippen molar-refractivity contribution in [3.63, 3.8) is 0 Å². The number of rotatable bonds is 4. The Labute approximate surface area is 305 Å². The maximum Gasteiger partial charge on any atom is 0.164 e. The lowest BCUT2D eigenvalue weighted by atomic mass is 9.89. The third-order valence-electron chi connectivity index (χ3n) is 10.6. The highest BCUT2D eigenvalue weighted by atomic mass is 15.0. The third kappa shape index (κ3) is 4.59. The Morgan fingerprint density at radius 2 is 0.755 bits per heavy atom. The summed E-state index contributed by atoms with van der Waals surface area (Å²) in [7, 11) is 0. The van der Waals surface area contributed by atoms with Crippen molar-refractivity contribution in [2.24, 2.45) is 0 Å². The van der Waals surface area contributed by atoms with Crippen LogP contribution in [0.2, 0.25) is 0 Å². The monoisotopic (exact) mass is 674 g/mol. The van der Waals surface area contributed by atoms with Crippen molar-refractivity contribution in [1.29, 1.82) is 0 Å². The molecule has 0 N–H and O–H groups in total. The van der Waals surface area contributed by atoms with E-state index in [-0.39, 0.29) is 0 Å². The molecule has 4 nitrogen and oxygen atoms in total. The van der Waals surface area contributed by atoms with E-state index in [4.69, 9.17) is 15.0 Å². The normalized spacial score (nSPS) is 11.8. The first kappa shape index (κ1) is 29.5. The van der Waals surface area contributed by atoms with Gasteiger partial charge in [0.05, 0.1) is 11.0 Å². The molecule has 53 heavy (non-hydrogen) atoms. The summed E-state index contributed by atoms with van der Waals surface area (Å²) in [6.45, 7) is 0. The second-order valence-corrected chi connectivity index (χ2v) is 13.6. The van der Waals surface area contributed by atoms with Crippen LogP contribution in [0.15, 0.2) is 182 Å². The predicted molar refractivity (Wildman–Crippen MR) is 220 cm³/mol. The minimum atomic E-state index is 0.629. The average Bonchev–Trinajstić information content (AvgIpc) is 3.58. The fourth-order valence-electron chi connectivity index (χ4n) is 8.28. The molecule has 11 rings (SSSR count). The fraction of sp³-hybridized carbons (Fsp3) is 0. The Bertz CT molecular complexity index is 3180. The largest absolute Gasteiger partial charge is 0.309 e. The van der Waals surface area contributed by atoms with Gasteiger partial charge in [-0.1, -0.05) is 152 Å². The van der Waals surface area contributed by atoms with Gasteiger partial charge in [-0.05, 0) is 73.4 Å². The van der Waals surface area contributed by atoms with Crippen LogP contribution >= 0.6 is 0 Å². The third-order valence-corrected chi connectivity index (χ3v) is 10.6. The zero-order valence-corrected chi connectivity index (χ0v) is 28.6. The van der Waals surface area contributed by atoms with Crippen LogP contribution in [0.4, 0.5) is 0 Å². The minimum absolute atomic E-state index is 0.629. The fourth-order valence-corrected chi connectivity index (χ4v) is 8.28. The Hall–Kier alpha value is -7.17. The van der Waals surface area contributed by atoms with Crippen LogP contribution in [0.1, 0.15) is 0 Å². The second kappa shape index (κ2) is 11.7. The number of nitrogens with zero attached hydrogens (tertiary/aromatic N) is 4. The molecule has 0 aliphatic heterocycles. The zero-order valence-electron chi connectivity index (χ0n) is 28.6. The van der Waals surface area contributed by atoms with Crippen LogP contribution in [0.25, 0.3) is 105 Å². The summed E-state index contributed by atoms with van der Waals surface area (Å²) in [5.74, 6) is 1.91. The van der Waals surface area contributed by atoms with E-state index in [2.05, 4.69) is 168 Å². The summed E-state index contributed by atoms with van der Waals surface area (Å²) in [4.78, 5) is 15.7. The molecule has 0 aliphatic rings. The van der Waals surface area contributed by atoms with E-state index < -0.39 is 0 Å². The lowest BCUT2D eigenvalue weighted by molar-refractivity contribution is 1.07. The second-order valence-electron chi connectivity index (χ2n) is 13.6. The number of benzene rings is 9. The Kier molecular flexibility index (Phi) is 6.52. The van der Waals surface area contributed by atoms with Gasteiger partial charge in [0.15, 0.2) is 17.5 Å². The number of para-hydroxylation sites is 2. The van der Waals surface area contributed by atoms with Gasteiger partial charge in [-0.15, -0.1) is 0 Å². The van der Waals surface area contributed by atoms with Gasteiger partial charge in [-0.25, -0.2) is 15.0 Å². The highest BCUT2D eigenvalue weighted by Gasteiger charge is 2.19. The molecule has 0 spiro atoms. The summed E-state index contributed by atoms with van der Waals surface area (Å²) in [6, 6.07) is 64.4. The molecule has 0 radical (unpaired) electrons. The van der Waals surface area contributed by atoms with Gasteiger partial charge in [-0.3, -0.25) is 0 Å². The molecule has 2 aromatic heterocycles. The molecule has 0 aliphatic carbocycles. The molecule has 11 aromatic rings. The maximum atomic E-state index is 5.31. The van der Waals surface area contributed by atoms with E-state index in [1.165, 1.54) is 48.5 Å². The molecule has 0 bridgehead atoms. The summed E-state index contributed by atoms with van der Waals surface area (Å²) >= 11 is 0. The number of fused-ring (bicyclic) bond motifs is 11. The summed E-state index contributed by atoms with van der Waals surface area (Å²) < 4.78 is 2.33. The van der Waals surface area contributed by atoms with Crippen molar-refractivity contribution in [3.05, 3.63) is 182 Å². The Morgan fingerprint density at radius 1 is 0.302 bits per heavy atom.